The van der Waals surface area contributed by atoms with E-state index in [2.05, 4.69) is 0 Å². The lowest BCUT2D eigenvalue weighted by Crippen LogP contribution is -2.54. The van der Waals surface area contributed by atoms with E-state index in [4.69, 9.17) is 9.47 Å². The molecule has 1 heterocycles. The van der Waals surface area contributed by atoms with Crippen LogP contribution in [-0.4, -0.2) is 24.3 Å². The standard InChI is InChI=1S/C20H22O4/c1-2-18(19(21)22)20(13-23-14-20)16-9-6-10-17(11-16)24-12-15-7-4-3-5-8-15/h3-11,18H,2,12-14H2,1H3,(H,21,22). The van der Waals surface area contributed by atoms with Gasteiger partial charge in [-0.2, -0.15) is 0 Å². The van der Waals surface area contributed by atoms with E-state index in [1.807, 2.05) is 61.5 Å². The fourth-order valence-electron chi connectivity index (χ4n) is 3.33. The Bertz CT molecular complexity index is 692. The summed E-state index contributed by atoms with van der Waals surface area (Å²) in [6.07, 6.45) is 0.577. The summed E-state index contributed by atoms with van der Waals surface area (Å²) in [7, 11) is 0. The van der Waals surface area contributed by atoms with E-state index in [0.717, 1.165) is 16.9 Å². The Hall–Kier alpha value is -2.33. The molecule has 2 aromatic rings. The number of hydrogen-bond donors (Lipinski definition) is 1. The quantitative estimate of drug-likeness (QED) is 0.844. The number of carbonyl (C=O) groups is 1. The summed E-state index contributed by atoms with van der Waals surface area (Å²) in [5, 5.41) is 9.57. The number of ether oxygens (including phenoxy) is 2. The molecule has 1 fully saturated rings. The van der Waals surface area contributed by atoms with Crippen LogP contribution in [0.2, 0.25) is 0 Å². The van der Waals surface area contributed by atoms with Crippen LogP contribution >= 0.6 is 0 Å². The maximum atomic E-state index is 11.7. The molecular weight excluding hydrogens is 304 g/mol. The summed E-state index contributed by atoms with van der Waals surface area (Å²) >= 11 is 0. The molecule has 0 saturated carbocycles. The van der Waals surface area contributed by atoms with E-state index >= 15 is 0 Å². The molecule has 4 nitrogen and oxygen atoms in total. The summed E-state index contributed by atoms with van der Waals surface area (Å²) in [5.41, 5.74) is 1.63. The van der Waals surface area contributed by atoms with Gasteiger partial charge in [0.1, 0.15) is 12.4 Å². The van der Waals surface area contributed by atoms with Crippen LogP contribution in [-0.2, 0) is 21.6 Å². The first-order valence-electron chi connectivity index (χ1n) is 8.23. The molecule has 2 aromatic carbocycles. The van der Waals surface area contributed by atoms with Crippen molar-refractivity contribution in [1.82, 2.24) is 0 Å². The second-order valence-corrected chi connectivity index (χ2v) is 6.25. The fourth-order valence-corrected chi connectivity index (χ4v) is 3.33. The summed E-state index contributed by atoms with van der Waals surface area (Å²) < 4.78 is 11.3. The van der Waals surface area contributed by atoms with Gasteiger partial charge in [-0.25, -0.2) is 0 Å². The zero-order valence-electron chi connectivity index (χ0n) is 13.8. The van der Waals surface area contributed by atoms with Crippen molar-refractivity contribution in [2.24, 2.45) is 5.92 Å². The lowest BCUT2D eigenvalue weighted by Gasteiger charge is -2.45. The number of carboxylic acid groups (broad SMARTS) is 1. The Kier molecular flexibility index (Phi) is 4.86. The molecule has 0 spiro atoms. The van der Waals surface area contributed by atoms with E-state index in [1.165, 1.54) is 0 Å². The van der Waals surface area contributed by atoms with Gasteiger partial charge in [-0.05, 0) is 29.7 Å². The SMILES string of the molecule is CCC(C(=O)O)C1(c2cccc(OCc3ccccc3)c2)COC1. The first-order valence-corrected chi connectivity index (χ1v) is 8.23. The van der Waals surface area contributed by atoms with Crippen LogP contribution < -0.4 is 4.74 Å². The van der Waals surface area contributed by atoms with Gasteiger partial charge in [0.2, 0.25) is 0 Å². The first kappa shape index (κ1) is 16.5. The largest absolute Gasteiger partial charge is 0.489 e. The van der Waals surface area contributed by atoms with Crippen LogP contribution in [0.3, 0.4) is 0 Å². The Morgan fingerprint density at radius 1 is 1.21 bits per heavy atom. The van der Waals surface area contributed by atoms with E-state index in [0.29, 0.717) is 26.2 Å². The molecule has 4 heteroatoms. The van der Waals surface area contributed by atoms with Gasteiger partial charge in [0.25, 0.3) is 0 Å². The van der Waals surface area contributed by atoms with Crippen LogP contribution in [0.15, 0.2) is 54.6 Å². The van der Waals surface area contributed by atoms with E-state index < -0.39 is 17.3 Å². The highest BCUT2D eigenvalue weighted by molar-refractivity contribution is 5.73. The molecule has 1 saturated heterocycles. The van der Waals surface area contributed by atoms with Gasteiger partial charge in [-0.1, -0.05) is 49.4 Å². The van der Waals surface area contributed by atoms with Gasteiger partial charge in [-0.15, -0.1) is 0 Å². The molecule has 0 aliphatic carbocycles. The maximum Gasteiger partial charge on any atom is 0.307 e. The monoisotopic (exact) mass is 326 g/mol. The van der Waals surface area contributed by atoms with Crippen molar-refractivity contribution in [3.8, 4) is 5.75 Å². The summed E-state index contributed by atoms with van der Waals surface area (Å²) in [6, 6.07) is 17.7. The molecule has 3 rings (SSSR count). The normalized spacial score (nSPS) is 16.9. The second-order valence-electron chi connectivity index (χ2n) is 6.25. The fraction of sp³-hybridized carbons (Fsp3) is 0.350. The molecule has 0 bridgehead atoms. The zero-order valence-corrected chi connectivity index (χ0v) is 13.8. The van der Waals surface area contributed by atoms with Gasteiger partial charge in [-0.3, -0.25) is 4.79 Å². The molecular formula is C20H22O4. The molecule has 126 valence electrons. The van der Waals surface area contributed by atoms with Gasteiger partial charge < -0.3 is 14.6 Å². The highest BCUT2D eigenvalue weighted by Crippen LogP contribution is 2.42. The molecule has 1 atom stereocenters. The van der Waals surface area contributed by atoms with Crippen molar-refractivity contribution < 1.29 is 19.4 Å². The molecule has 0 amide bonds. The van der Waals surface area contributed by atoms with Gasteiger partial charge in [0.15, 0.2) is 0 Å². The molecule has 1 aliphatic heterocycles. The molecule has 1 N–H and O–H groups in total. The predicted octanol–water partition coefficient (Wildman–Crippen LogP) is 3.64. The average Bonchev–Trinajstić information content (AvgIpc) is 2.57. The molecule has 0 radical (unpaired) electrons. The van der Waals surface area contributed by atoms with Crippen LogP contribution in [0.5, 0.6) is 5.75 Å². The lowest BCUT2D eigenvalue weighted by atomic mass is 9.67. The third kappa shape index (κ3) is 3.15. The number of benzene rings is 2. The average molecular weight is 326 g/mol. The Labute approximate surface area is 142 Å². The topological polar surface area (TPSA) is 55.8 Å². The molecule has 24 heavy (non-hydrogen) atoms. The van der Waals surface area contributed by atoms with E-state index in [1.54, 1.807) is 0 Å². The van der Waals surface area contributed by atoms with Gasteiger partial charge in [0.05, 0.1) is 24.5 Å². The van der Waals surface area contributed by atoms with Crippen molar-refractivity contribution >= 4 is 5.97 Å². The summed E-state index contributed by atoms with van der Waals surface area (Å²) in [5.74, 6) is -0.463. The second kappa shape index (κ2) is 7.05. The Balaban J connectivity index is 1.80. The zero-order chi connectivity index (χ0) is 17.0. The molecule has 1 aliphatic rings. The Morgan fingerprint density at radius 3 is 2.54 bits per heavy atom. The Morgan fingerprint density at radius 2 is 1.96 bits per heavy atom. The van der Waals surface area contributed by atoms with Gasteiger partial charge >= 0.3 is 5.97 Å². The minimum Gasteiger partial charge on any atom is -0.489 e. The van der Waals surface area contributed by atoms with Crippen molar-refractivity contribution in [3.63, 3.8) is 0 Å². The van der Waals surface area contributed by atoms with Crippen molar-refractivity contribution in [1.29, 1.82) is 0 Å². The third-order valence-corrected chi connectivity index (χ3v) is 4.75. The van der Waals surface area contributed by atoms with Crippen LogP contribution in [0.1, 0.15) is 24.5 Å². The van der Waals surface area contributed by atoms with Crippen LogP contribution in [0, 0.1) is 5.92 Å². The first-order chi connectivity index (χ1) is 11.7. The minimum absolute atomic E-state index is 0.444. The van der Waals surface area contributed by atoms with Crippen LogP contribution in [0.4, 0.5) is 0 Å². The van der Waals surface area contributed by atoms with Crippen molar-refractivity contribution in [2.45, 2.75) is 25.4 Å². The highest BCUT2D eigenvalue weighted by Gasteiger charge is 2.49. The lowest BCUT2D eigenvalue weighted by molar-refractivity contribution is -0.157. The number of aliphatic carboxylic acids is 1. The highest BCUT2D eigenvalue weighted by atomic mass is 16.5. The van der Waals surface area contributed by atoms with E-state index in [-0.39, 0.29) is 0 Å². The van der Waals surface area contributed by atoms with Crippen LogP contribution in [0.25, 0.3) is 0 Å². The summed E-state index contributed by atoms with van der Waals surface area (Å²) in [4.78, 5) is 11.7. The third-order valence-electron chi connectivity index (χ3n) is 4.75. The minimum atomic E-state index is -0.767. The van der Waals surface area contributed by atoms with Crippen molar-refractivity contribution in [2.75, 3.05) is 13.2 Å². The predicted molar refractivity (Wildman–Crippen MR) is 91.1 cm³/mol. The molecule has 0 aromatic heterocycles. The van der Waals surface area contributed by atoms with Crippen molar-refractivity contribution in [3.05, 3.63) is 65.7 Å². The van der Waals surface area contributed by atoms with E-state index in [9.17, 15) is 9.90 Å². The summed E-state index contributed by atoms with van der Waals surface area (Å²) in [6.45, 7) is 3.29. The number of carboxylic acids is 1. The smallest absolute Gasteiger partial charge is 0.307 e. The molecule has 1 unspecified atom stereocenters. The van der Waals surface area contributed by atoms with Gasteiger partial charge in [0, 0.05) is 0 Å². The number of hydrogen-bond acceptors (Lipinski definition) is 3. The maximum absolute atomic E-state index is 11.7. The number of rotatable bonds is 7.